The van der Waals surface area contributed by atoms with E-state index >= 15 is 0 Å². The van der Waals surface area contributed by atoms with Crippen LogP contribution in [0, 0.1) is 0 Å². The average Bonchev–Trinajstić information content (AvgIpc) is 0. The molecule has 0 aliphatic rings. The Morgan fingerprint density at radius 1 is 0.0227 bits per heavy atom. The molecule has 0 N–H and O–H groups in total. The summed E-state index contributed by atoms with van der Waals surface area (Å²) in [6, 6.07) is 0. The van der Waals surface area contributed by atoms with E-state index in [0.717, 1.165) is 0 Å². The Bertz CT molecular complexity index is 0. The molecule has 0 unspecified atom stereocenters. The molecule has 0 amide bonds. The van der Waals surface area contributed by atoms with E-state index in [4.69, 9.17) is 0 Å². The molecule has 0 nitrogen and oxygen atoms in total. The molecule has 44 heavy (non-hydrogen) atoms. The third kappa shape index (κ3) is 400. The molecule has 0 aromatic rings. The van der Waals surface area contributed by atoms with E-state index in [0.29, 0.717) is 0 Å². The molecule has 0 atom stereocenters. The minimum Gasteiger partial charge on any atom is 0 e. The van der Waals surface area contributed by atoms with Crippen molar-refractivity contribution < 1.29 is 927 Å². The van der Waals surface area contributed by atoms with Crippen LogP contribution in [0.3, 0.4) is 0 Å². The summed E-state index contributed by atoms with van der Waals surface area (Å²) >= 11 is 0. The summed E-state index contributed by atoms with van der Waals surface area (Å²) in [6.45, 7) is 0. The quantitative estimate of drug-likeness (QED) is 0.319. The summed E-state index contributed by atoms with van der Waals surface area (Å²) < 4.78 is 0. The van der Waals surface area contributed by atoms with Gasteiger partial charge in [-0.2, -0.15) is 0 Å². The molecule has 0 aromatic heterocycles. The van der Waals surface area contributed by atoms with E-state index in [2.05, 4.69) is 0 Å². The van der Waals surface area contributed by atoms with Gasteiger partial charge < -0.3 is 0 Å². The SMILES string of the molecule is [W].[W].[W].[W].[W].[W].[W].[W].[W].[W].[W].[W].[W].[W].[W].[W].[W].[W].[W].[W].[W].[W].[W].[W].[W].[W].[W].[W].[W].[W].[W].[W].[W].[W].[W].[W].[W].[W].[W].[W].[W].[W].[W].[W]. The molecule has 0 fully saturated rings. The molecule has 0 spiro atoms. The summed E-state index contributed by atoms with van der Waals surface area (Å²) in [5.41, 5.74) is 0. The van der Waals surface area contributed by atoms with E-state index in [-0.39, 0.29) is 927 Å². The Morgan fingerprint density at radius 2 is 0.0227 bits per heavy atom. The standard InChI is InChI=1S/44W. The smallest absolute Gasteiger partial charge is 0 e. The predicted octanol–water partition coefficient (Wildman–Crippen LogP) is -0.110. The summed E-state index contributed by atoms with van der Waals surface area (Å²) in [5, 5.41) is 0. The number of hydrogen-bond acceptors (Lipinski definition) is 0. The maximum Gasteiger partial charge on any atom is 0 e. The van der Waals surface area contributed by atoms with Crippen LogP contribution in [0.5, 0.6) is 0 Å². The molecule has 0 heterocycles. The van der Waals surface area contributed by atoms with Gasteiger partial charge in [-0.05, 0) is 0 Å². The Morgan fingerprint density at radius 3 is 0.0227 bits per heavy atom. The first-order chi connectivity index (χ1) is 0. The topological polar surface area (TPSA) is 0 Å². The zero-order valence-corrected chi connectivity index (χ0v) is 147. The van der Waals surface area contributed by atoms with Gasteiger partial charge in [0.05, 0.1) is 0 Å². The zero-order valence-electron chi connectivity index (χ0n) is 18.0. The van der Waals surface area contributed by atoms with Crippen molar-refractivity contribution in [2.75, 3.05) is 0 Å². The van der Waals surface area contributed by atoms with Crippen LogP contribution >= 0.6 is 0 Å². The summed E-state index contributed by atoms with van der Waals surface area (Å²) in [7, 11) is 0. The van der Waals surface area contributed by atoms with Crippen LogP contribution in [0.4, 0.5) is 0 Å². The normalized spacial score (nSPS) is 0. The predicted molar refractivity (Wildman–Crippen MR) is 0 cm³/mol. The number of rotatable bonds is 0. The van der Waals surface area contributed by atoms with Gasteiger partial charge in [-0.3, -0.25) is 0 Å². The first-order valence-corrected chi connectivity index (χ1v) is 0. The summed E-state index contributed by atoms with van der Waals surface area (Å²) in [6.07, 6.45) is 0. The summed E-state index contributed by atoms with van der Waals surface area (Å²) in [4.78, 5) is 0. The second-order valence-electron chi connectivity index (χ2n) is 0. The minimum atomic E-state index is 0. The van der Waals surface area contributed by atoms with Gasteiger partial charge in [0.1, 0.15) is 0 Å². The number of hydrogen-bond donors (Lipinski definition) is 0. The Hall–Kier alpha value is 30.3. The third-order valence-electron chi connectivity index (χ3n) is 0. The molecule has 44 heteroatoms. The average molecular weight is 8090 g/mol. The first-order valence-electron chi connectivity index (χ1n) is 0. The fourth-order valence-electron chi connectivity index (χ4n) is 0. The van der Waals surface area contributed by atoms with E-state index in [1.54, 1.807) is 0 Å². The van der Waals surface area contributed by atoms with E-state index in [1.807, 2.05) is 0 Å². The van der Waals surface area contributed by atoms with E-state index in [1.165, 1.54) is 0 Å². The van der Waals surface area contributed by atoms with Gasteiger partial charge in [-0.1, -0.05) is 0 Å². The first kappa shape index (κ1) is 435. The molecule has 0 saturated carbocycles. The van der Waals surface area contributed by atoms with Crippen molar-refractivity contribution in [1.82, 2.24) is 0 Å². The van der Waals surface area contributed by atoms with Crippen molar-refractivity contribution in [3.8, 4) is 0 Å². The maximum absolute atomic E-state index is 0. The van der Waals surface area contributed by atoms with Crippen molar-refractivity contribution in [2.24, 2.45) is 0 Å². The molecule has 264 valence electrons. The van der Waals surface area contributed by atoms with Crippen LogP contribution < -0.4 is 0 Å². The van der Waals surface area contributed by atoms with Crippen molar-refractivity contribution in [2.45, 2.75) is 0 Å². The molecule has 0 aliphatic heterocycles. The molecular formula is W44. The van der Waals surface area contributed by atoms with Crippen molar-refractivity contribution in [1.29, 1.82) is 0 Å². The van der Waals surface area contributed by atoms with Gasteiger partial charge in [0.25, 0.3) is 0 Å². The second kappa shape index (κ2) is 417. The van der Waals surface area contributed by atoms with Gasteiger partial charge in [-0.25, -0.2) is 0 Å². The van der Waals surface area contributed by atoms with E-state index in [9.17, 15) is 0 Å². The third-order valence-corrected chi connectivity index (χ3v) is 0. The summed E-state index contributed by atoms with van der Waals surface area (Å²) in [5.74, 6) is 0. The molecule has 0 bridgehead atoms. The van der Waals surface area contributed by atoms with Crippen LogP contribution in [0.2, 0.25) is 0 Å². The van der Waals surface area contributed by atoms with Crippen molar-refractivity contribution in [3.05, 3.63) is 0 Å². The fraction of sp³-hybridized carbons (Fsp3) is 0. The zero-order chi connectivity index (χ0) is 0. The molecule has 0 aliphatic carbocycles. The molecule has 0 radical (unpaired) electrons. The van der Waals surface area contributed by atoms with Gasteiger partial charge >= 0.3 is 0 Å². The van der Waals surface area contributed by atoms with Gasteiger partial charge in [0.2, 0.25) is 0 Å². The van der Waals surface area contributed by atoms with Crippen LogP contribution in [-0.4, -0.2) is 0 Å². The van der Waals surface area contributed by atoms with E-state index < -0.39 is 0 Å². The van der Waals surface area contributed by atoms with Gasteiger partial charge in [-0.15, -0.1) is 0 Å². The van der Waals surface area contributed by atoms with Crippen molar-refractivity contribution in [3.63, 3.8) is 0 Å². The van der Waals surface area contributed by atoms with Crippen LogP contribution in [0.1, 0.15) is 0 Å². The largest absolute Gasteiger partial charge is 0 e. The minimum absolute atomic E-state index is 0. The Balaban J connectivity index is 0. The van der Waals surface area contributed by atoms with Crippen LogP contribution in [0.15, 0.2) is 0 Å². The monoisotopic (exact) mass is 8090 g/mol. The molecular weight excluding hydrogens is 8090 g/mol. The van der Waals surface area contributed by atoms with Crippen LogP contribution in [0.25, 0.3) is 0 Å². The maximum atomic E-state index is 0. The Labute approximate surface area is 898 Å². The molecule has 0 saturated heterocycles. The molecule has 0 aromatic carbocycles. The van der Waals surface area contributed by atoms with Crippen molar-refractivity contribution >= 4 is 0 Å². The van der Waals surface area contributed by atoms with Gasteiger partial charge in [0, 0.05) is 927 Å². The second-order valence-corrected chi connectivity index (χ2v) is 0. The Kier molecular flexibility index (Phi) is 4130. The van der Waals surface area contributed by atoms with Gasteiger partial charge in [0.15, 0.2) is 0 Å². The fourth-order valence-corrected chi connectivity index (χ4v) is 0. The van der Waals surface area contributed by atoms with Crippen LogP contribution in [-0.2, 0) is 927 Å². The molecule has 0 rings (SSSR count).